The van der Waals surface area contributed by atoms with Crippen molar-refractivity contribution >= 4 is 44.0 Å². The fourth-order valence-corrected chi connectivity index (χ4v) is 4.45. The van der Waals surface area contributed by atoms with Gasteiger partial charge in [0, 0.05) is 33.6 Å². The van der Waals surface area contributed by atoms with Crippen LogP contribution in [0.3, 0.4) is 0 Å². The summed E-state index contributed by atoms with van der Waals surface area (Å²) in [6.07, 6.45) is 3.65. The van der Waals surface area contributed by atoms with E-state index in [4.69, 9.17) is 9.40 Å². The smallest absolute Gasteiger partial charge is 0.227 e. The summed E-state index contributed by atoms with van der Waals surface area (Å²) in [6.45, 7) is 0. The van der Waals surface area contributed by atoms with Crippen molar-refractivity contribution in [3.8, 4) is 16.9 Å². The highest BCUT2D eigenvalue weighted by atomic mass is 16.3. The molecule has 7 aromatic rings. The lowest BCUT2D eigenvalue weighted by molar-refractivity contribution is 0.657. The summed E-state index contributed by atoms with van der Waals surface area (Å²) in [7, 11) is 0. The first-order valence-electron chi connectivity index (χ1n) is 10.5. The van der Waals surface area contributed by atoms with Gasteiger partial charge in [0.05, 0.1) is 16.7 Å². The van der Waals surface area contributed by atoms with Gasteiger partial charge in [0.25, 0.3) is 0 Å². The Morgan fingerprint density at radius 1 is 0.750 bits per heavy atom. The van der Waals surface area contributed by atoms with Crippen LogP contribution in [0.5, 0.6) is 0 Å². The van der Waals surface area contributed by atoms with Crippen molar-refractivity contribution in [3.63, 3.8) is 0 Å². The highest BCUT2D eigenvalue weighted by Gasteiger charge is 2.17. The molecule has 150 valence electrons. The second kappa shape index (κ2) is 6.49. The molecule has 7 rings (SSSR count). The van der Waals surface area contributed by atoms with Crippen molar-refractivity contribution in [2.75, 3.05) is 0 Å². The molecule has 0 amide bonds. The average Bonchev–Trinajstić information content (AvgIpc) is 3.45. The van der Waals surface area contributed by atoms with Crippen molar-refractivity contribution in [2.24, 2.45) is 0 Å². The van der Waals surface area contributed by atoms with Crippen molar-refractivity contribution in [3.05, 3.63) is 97.5 Å². The summed E-state index contributed by atoms with van der Waals surface area (Å²) in [5, 5.41) is 3.08. The van der Waals surface area contributed by atoms with E-state index in [9.17, 15) is 0 Å². The largest absolute Gasteiger partial charge is 0.437 e. The molecule has 4 heterocycles. The van der Waals surface area contributed by atoms with Crippen LogP contribution >= 0.6 is 0 Å². The Morgan fingerprint density at radius 2 is 1.66 bits per heavy atom. The van der Waals surface area contributed by atoms with E-state index in [1.807, 2.05) is 60.9 Å². The number of para-hydroxylation sites is 2. The third-order valence-electron chi connectivity index (χ3n) is 5.94. The van der Waals surface area contributed by atoms with E-state index in [0.717, 1.165) is 55.2 Å². The molecule has 4 aromatic heterocycles. The predicted octanol–water partition coefficient (Wildman–Crippen LogP) is 6.54. The zero-order valence-corrected chi connectivity index (χ0v) is 16.9. The minimum atomic E-state index is 0.615. The standard InChI is InChI=1S/C27H16N4O/c1-2-7-18(8-3-1)31-16-29-23-13-12-17-15-21-19-9-6-10-20(22-11-4-5-14-28-22)26(19)32-27(21)30-24(17)25(23)31/h1-16H. The monoisotopic (exact) mass is 412 g/mol. The number of pyridine rings is 2. The maximum atomic E-state index is 6.34. The lowest BCUT2D eigenvalue weighted by Crippen LogP contribution is -1.93. The lowest BCUT2D eigenvalue weighted by Gasteiger charge is -2.06. The van der Waals surface area contributed by atoms with Gasteiger partial charge in [0.1, 0.15) is 17.4 Å². The van der Waals surface area contributed by atoms with Crippen LogP contribution in [0.25, 0.3) is 61.0 Å². The van der Waals surface area contributed by atoms with Gasteiger partial charge in [0.15, 0.2) is 0 Å². The van der Waals surface area contributed by atoms with Crippen molar-refractivity contribution in [1.29, 1.82) is 0 Å². The summed E-state index contributed by atoms with van der Waals surface area (Å²) < 4.78 is 8.42. The maximum absolute atomic E-state index is 6.34. The number of nitrogens with zero attached hydrogens (tertiary/aromatic N) is 4. The van der Waals surface area contributed by atoms with E-state index >= 15 is 0 Å². The van der Waals surface area contributed by atoms with Gasteiger partial charge in [-0.1, -0.05) is 42.5 Å². The minimum absolute atomic E-state index is 0.615. The van der Waals surface area contributed by atoms with Gasteiger partial charge in [-0.3, -0.25) is 9.55 Å². The van der Waals surface area contributed by atoms with E-state index in [-0.39, 0.29) is 0 Å². The molecule has 32 heavy (non-hydrogen) atoms. The Labute approximate surface area is 182 Å². The number of hydrogen-bond acceptors (Lipinski definition) is 4. The van der Waals surface area contributed by atoms with Gasteiger partial charge in [-0.25, -0.2) is 9.97 Å². The van der Waals surface area contributed by atoms with Gasteiger partial charge < -0.3 is 4.42 Å². The van der Waals surface area contributed by atoms with Crippen molar-refractivity contribution in [1.82, 2.24) is 19.5 Å². The van der Waals surface area contributed by atoms with Crippen LogP contribution in [0.4, 0.5) is 0 Å². The normalized spacial score (nSPS) is 11.8. The fourth-order valence-electron chi connectivity index (χ4n) is 4.45. The van der Waals surface area contributed by atoms with E-state index in [1.165, 1.54) is 0 Å². The summed E-state index contributed by atoms with van der Waals surface area (Å²) in [5.74, 6) is 0. The Balaban J connectivity index is 1.56. The average molecular weight is 412 g/mol. The van der Waals surface area contributed by atoms with Gasteiger partial charge >= 0.3 is 0 Å². The number of benzene rings is 3. The molecule has 0 aliphatic heterocycles. The summed E-state index contributed by atoms with van der Waals surface area (Å²) in [5.41, 5.74) is 7.05. The lowest BCUT2D eigenvalue weighted by atomic mass is 10.1. The summed E-state index contributed by atoms with van der Waals surface area (Å²) in [6, 6.07) is 28.5. The Hall–Kier alpha value is -4.51. The maximum Gasteiger partial charge on any atom is 0.227 e. The number of fused-ring (bicyclic) bond motifs is 6. The molecule has 0 spiro atoms. The van der Waals surface area contributed by atoms with Crippen molar-refractivity contribution in [2.45, 2.75) is 0 Å². The third kappa shape index (κ3) is 2.42. The van der Waals surface area contributed by atoms with Crippen LogP contribution in [0, 0.1) is 0 Å². The molecule has 0 bridgehead atoms. The van der Waals surface area contributed by atoms with Crippen molar-refractivity contribution < 1.29 is 4.42 Å². The molecular formula is C27H16N4O. The number of imidazole rings is 1. The van der Waals surface area contributed by atoms with Crippen LogP contribution in [-0.4, -0.2) is 19.5 Å². The predicted molar refractivity (Wildman–Crippen MR) is 127 cm³/mol. The first kappa shape index (κ1) is 17.2. The Bertz CT molecular complexity index is 1770. The Kier molecular flexibility index (Phi) is 3.49. The highest BCUT2D eigenvalue weighted by molar-refractivity contribution is 6.13. The molecule has 0 N–H and O–H groups in total. The molecule has 5 heteroatoms. The SMILES string of the molecule is c1ccc(-n2cnc3ccc4cc5c(nc4c32)oc2c(-c3ccccn3)cccc25)cc1. The van der Waals surface area contributed by atoms with Crippen LogP contribution in [0.2, 0.25) is 0 Å². The second-order valence-corrected chi connectivity index (χ2v) is 7.80. The number of aromatic nitrogens is 4. The van der Waals surface area contributed by atoms with Crippen LogP contribution in [0.1, 0.15) is 0 Å². The van der Waals surface area contributed by atoms with E-state index in [1.54, 1.807) is 6.20 Å². The molecular weight excluding hydrogens is 396 g/mol. The van der Waals surface area contributed by atoms with Gasteiger partial charge in [0.2, 0.25) is 5.71 Å². The fraction of sp³-hybridized carbons (Fsp3) is 0. The van der Waals surface area contributed by atoms with E-state index < -0.39 is 0 Å². The molecule has 0 aliphatic rings. The van der Waals surface area contributed by atoms with E-state index in [2.05, 4.69) is 44.9 Å². The summed E-state index contributed by atoms with van der Waals surface area (Å²) in [4.78, 5) is 14.1. The number of rotatable bonds is 2. The third-order valence-corrected chi connectivity index (χ3v) is 5.94. The molecule has 5 nitrogen and oxygen atoms in total. The molecule has 0 atom stereocenters. The molecule has 0 saturated carbocycles. The number of hydrogen-bond donors (Lipinski definition) is 0. The molecule has 0 unspecified atom stereocenters. The molecule has 0 fully saturated rings. The molecule has 0 saturated heterocycles. The second-order valence-electron chi connectivity index (χ2n) is 7.80. The van der Waals surface area contributed by atoms with Crippen LogP contribution in [0.15, 0.2) is 102 Å². The molecule has 0 radical (unpaired) electrons. The van der Waals surface area contributed by atoms with E-state index in [0.29, 0.717) is 5.71 Å². The van der Waals surface area contributed by atoms with Gasteiger partial charge in [-0.2, -0.15) is 0 Å². The Morgan fingerprint density at radius 3 is 2.53 bits per heavy atom. The molecule has 3 aromatic carbocycles. The molecule has 0 aliphatic carbocycles. The van der Waals surface area contributed by atoms with Crippen LogP contribution in [-0.2, 0) is 0 Å². The van der Waals surface area contributed by atoms with Gasteiger partial charge in [-0.15, -0.1) is 0 Å². The summed E-state index contributed by atoms with van der Waals surface area (Å²) >= 11 is 0. The zero-order valence-electron chi connectivity index (χ0n) is 16.9. The van der Waals surface area contributed by atoms with Gasteiger partial charge in [-0.05, 0) is 42.5 Å². The minimum Gasteiger partial charge on any atom is -0.437 e. The highest BCUT2D eigenvalue weighted by Crippen LogP contribution is 2.37. The number of furan rings is 1. The zero-order chi connectivity index (χ0) is 21.1. The van der Waals surface area contributed by atoms with Crippen LogP contribution < -0.4 is 0 Å². The quantitative estimate of drug-likeness (QED) is 0.324. The topological polar surface area (TPSA) is 56.7 Å². The first-order valence-corrected chi connectivity index (χ1v) is 10.5. The first-order chi connectivity index (χ1) is 15.9.